The summed E-state index contributed by atoms with van der Waals surface area (Å²) >= 11 is 1.34. The smallest absolute Gasteiger partial charge is 0.274 e. The van der Waals surface area contributed by atoms with Crippen LogP contribution in [0.25, 0.3) is 15.9 Å². The molecule has 0 saturated heterocycles. The zero-order valence-corrected chi connectivity index (χ0v) is 16.0. The highest BCUT2D eigenvalue weighted by molar-refractivity contribution is 7.20. The van der Waals surface area contributed by atoms with Gasteiger partial charge < -0.3 is 5.32 Å². The maximum Gasteiger partial charge on any atom is 0.274 e. The Bertz CT molecular complexity index is 1210. The Morgan fingerprint density at radius 2 is 1.89 bits per heavy atom. The van der Waals surface area contributed by atoms with E-state index in [-0.39, 0.29) is 11.6 Å². The molecular formula is C20H16N4O3S. The molecule has 140 valence electrons. The molecule has 0 atom stereocenters. The molecule has 0 unspecified atom stereocenters. The molecule has 1 amide bonds. The van der Waals surface area contributed by atoms with Crippen molar-refractivity contribution in [2.75, 3.05) is 5.32 Å². The number of amides is 1. The van der Waals surface area contributed by atoms with E-state index in [1.54, 1.807) is 25.1 Å². The number of aryl methyl sites for hydroxylation is 2. The Morgan fingerprint density at radius 1 is 1.14 bits per heavy atom. The van der Waals surface area contributed by atoms with E-state index in [2.05, 4.69) is 10.4 Å². The summed E-state index contributed by atoms with van der Waals surface area (Å²) in [6, 6.07) is 16.2. The van der Waals surface area contributed by atoms with Gasteiger partial charge in [0.1, 0.15) is 4.83 Å². The first-order valence-electron chi connectivity index (χ1n) is 8.55. The molecule has 4 aromatic rings. The molecular weight excluding hydrogens is 376 g/mol. The summed E-state index contributed by atoms with van der Waals surface area (Å²) in [6.07, 6.45) is 0. The average Bonchev–Trinajstić information content (AvgIpc) is 3.25. The van der Waals surface area contributed by atoms with E-state index < -0.39 is 4.92 Å². The van der Waals surface area contributed by atoms with Gasteiger partial charge >= 0.3 is 0 Å². The highest BCUT2D eigenvalue weighted by Crippen LogP contribution is 2.31. The van der Waals surface area contributed by atoms with Gasteiger partial charge in [-0.25, -0.2) is 4.68 Å². The minimum atomic E-state index is -0.456. The lowest BCUT2D eigenvalue weighted by Crippen LogP contribution is -2.10. The number of para-hydroxylation sites is 1. The molecule has 0 fully saturated rings. The van der Waals surface area contributed by atoms with Crippen molar-refractivity contribution in [1.29, 1.82) is 0 Å². The molecule has 2 heterocycles. The van der Waals surface area contributed by atoms with Gasteiger partial charge in [0.15, 0.2) is 0 Å². The number of nitrogens with one attached hydrogen (secondary N) is 1. The summed E-state index contributed by atoms with van der Waals surface area (Å²) in [7, 11) is 0. The Labute approximate surface area is 164 Å². The molecule has 0 aliphatic rings. The minimum absolute atomic E-state index is 0.0234. The van der Waals surface area contributed by atoms with E-state index in [1.807, 2.05) is 41.9 Å². The SMILES string of the molecule is Cc1ccc(NC(=O)c2cc3c(C)nn(-c4ccccc4)c3s2)cc1[N+](=O)[O-]. The molecule has 0 spiro atoms. The van der Waals surface area contributed by atoms with E-state index in [0.29, 0.717) is 16.1 Å². The molecule has 0 radical (unpaired) electrons. The molecule has 0 saturated carbocycles. The molecule has 0 aliphatic carbocycles. The van der Waals surface area contributed by atoms with Crippen molar-refractivity contribution < 1.29 is 9.72 Å². The van der Waals surface area contributed by atoms with E-state index in [1.165, 1.54) is 17.4 Å². The van der Waals surface area contributed by atoms with Gasteiger partial charge in [-0.3, -0.25) is 14.9 Å². The second-order valence-electron chi connectivity index (χ2n) is 6.37. The number of nitro groups is 1. The van der Waals surface area contributed by atoms with Crippen molar-refractivity contribution in [3.8, 4) is 5.69 Å². The van der Waals surface area contributed by atoms with Gasteiger partial charge in [0, 0.05) is 22.7 Å². The molecule has 4 rings (SSSR count). The first-order chi connectivity index (χ1) is 13.4. The van der Waals surface area contributed by atoms with Crippen LogP contribution in [0.15, 0.2) is 54.6 Å². The molecule has 28 heavy (non-hydrogen) atoms. The average molecular weight is 392 g/mol. The van der Waals surface area contributed by atoms with Gasteiger partial charge in [0.05, 0.1) is 21.2 Å². The Hall–Kier alpha value is -3.52. The molecule has 0 aliphatic heterocycles. The number of nitro benzene ring substituents is 1. The summed E-state index contributed by atoms with van der Waals surface area (Å²) in [6.45, 7) is 3.56. The molecule has 2 aromatic carbocycles. The fraction of sp³-hybridized carbons (Fsp3) is 0.100. The number of anilines is 1. The minimum Gasteiger partial charge on any atom is -0.321 e. The summed E-state index contributed by atoms with van der Waals surface area (Å²) in [4.78, 5) is 24.8. The summed E-state index contributed by atoms with van der Waals surface area (Å²) in [5.74, 6) is -0.307. The van der Waals surface area contributed by atoms with Crippen molar-refractivity contribution >= 4 is 38.8 Å². The van der Waals surface area contributed by atoms with Crippen LogP contribution < -0.4 is 5.32 Å². The number of carbonyl (C=O) groups excluding carboxylic acids is 1. The first kappa shape index (κ1) is 17.9. The van der Waals surface area contributed by atoms with Gasteiger partial charge in [-0.05, 0) is 38.1 Å². The number of nitrogens with zero attached hydrogens (tertiary/aromatic N) is 3. The number of benzene rings is 2. The van der Waals surface area contributed by atoms with Crippen LogP contribution in [0, 0.1) is 24.0 Å². The Kier molecular flexibility index (Phi) is 4.40. The highest BCUT2D eigenvalue weighted by Gasteiger charge is 2.18. The highest BCUT2D eigenvalue weighted by atomic mass is 32.1. The normalized spacial score (nSPS) is 10.9. The van der Waals surface area contributed by atoms with E-state index in [4.69, 9.17) is 0 Å². The quantitative estimate of drug-likeness (QED) is 0.396. The fourth-order valence-corrected chi connectivity index (χ4v) is 4.06. The van der Waals surface area contributed by atoms with Crippen LogP contribution in [0.5, 0.6) is 0 Å². The van der Waals surface area contributed by atoms with Gasteiger partial charge in [-0.2, -0.15) is 5.10 Å². The van der Waals surface area contributed by atoms with Crippen LogP contribution in [0.1, 0.15) is 20.9 Å². The summed E-state index contributed by atoms with van der Waals surface area (Å²) in [5, 5.41) is 19.3. The monoisotopic (exact) mass is 392 g/mol. The molecule has 7 nitrogen and oxygen atoms in total. The van der Waals surface area contributed by atoms with Crippen molar-refractivity contribution in [2.24, 2.45) is 0 Å². The van der Waals surface area contributed by atoms with Crippen LogP contribution in [-0.4, -0.2) is 20.6 Å². The standard InChI is InChI=1S/C20H16N4O3S/c1-12-8-9-14(10-17(12)24(26)27)21-19(25)18-11-16-13(2)22-23(20(16)28-18)15-6-4-3-5-7-15/h3-11H,1-2H3,(H,21,25). The molecule has 2 aromatic heterocycles. The van der Waals surface area contributed by atoms with Crippen LogP contribution in [0.3, 0.4) is 0 Å². The number of fused-ring (bicyclic) bond motifs is 1. The number of carbonyl (C=O) groups is 1. The number of rotatable bonds is 4. The summed E-state index contributed by atoms with van der Waals surface area (Å²) < 4.78 is 1.82. The zero-order chi connectivity index (χ0) is 19.8. The second-order valence-corrected chi connectivity index (χ2v) is 7.41. The zero-order valence-electron chi connectivity index (χ0n) is 15.2. The summed E-state index contributed by atoms with van der Waals surface area (Å²) in [5.41, 5.74) is 2.66. The van der Waals surface area contributed by atoms with Gasteiger partial charge in [-0.15, -0.1) is 11.3 Å². The number of thiophene rings is 1. The third-order valence-corrected chi connectivity index (χ3v) is 5.54. The number of aromatic nitrogens is 2. The van der Waals surface area contributed by atoms with Crippen LogP contribution in [-0.2, 0) is 0 Å². The number of hydrogen-bond donors (Lipinski definition) is 1. The molecule has 0 bridgehead atoms. The van der Waals surface area contributed by atoms with Crippen LogP contribution in [0.4, 0.5) is 11.4 Å². The van der Waals surface area contributed by atoms with E-state index in [9.17, 15) is 14.9 Å². The van der Waals surface area contributed by atoms with Gasteiger partial charge in [-0.1, -0.05) is 24.3 Å². The fourth-order valence-electron chi connectivity index (χ4n) is 2.98. The lowest BCUT2D eigenvalue weighted by atomic mass is 10.2. The van der Waals surface area contributed by atoms with Crippen molar-refractivity contribution in [2.45, 2.75) is 13.8 Å². The van der Waals surface area contributed by atoms with Gasteiger partial charge in [0.25, 0.3) is 11.6 Å². The maximum absolute atomic E-state index is 12.7. The largest absolute Gasteiger partial charge is 0.321 e. The lowest BCUT2D eigenvalue weighted by molar-refractivity contribution is -0.385. The van der Waals surface area contributed by atoms with Crippen LogP contribution >= 0.6 is 11.3 Å². The number of hydrogen-bond acceptors (Lipinski definition) is 5. The predicted molar refractivity (Wildman–Crippen MR) is 109 cm³/mol. The Morgan fingerprint density at radius 3 is 2.61 bits per heavy atom. The van der Waals surface area contributed by atoms with Crippen molar-refractivity contribution in [3.63, 3.8) is 0 Å². The third-order valence-electron chi connectivity index (χ3n) is 4.43. The molecule has 8 heteroatoms. The third kappa shape index (κ3) is 3.14. The maximum atomic E-state index is 12.7. The van der Waals surface area contributed by atoms with Crippen LogP contribution in [0.2, 0.25) is 0 Å². The topological polar surface area (TPSA) is 90.1 Å². The van der Waals surface area contributed by atoms with Gasteiger partial charge in [0.2, 0.25) is 0 Å². The Balaban J connectivity index is 1.67. The predicted octanol–water partition coefficient (Wildman–Crippen LogP) is 4.86. The second kappa shape index (κ2) is 6.90. The van der Waals surface area contributed by atoms with E-state index >= 15 is 0 Å². The lowest BCUT2D eigenvalue weighted by Gasteiger charge is -2.05. The molecule has 1 N–H and O–H groups in total. The first-order valence-corrected chi connectivity index (χ1v) is 9.36. The van der Waals surface area contributed by atoms with Crippen molar-refractivity contribution in [3.05, 3.63) is 80.8 Å². The van der Waals surface area contributed by atoms with E-state index in [0.717, 1.165) is 21.6 Å². The van der Waals surface area contributed by atoms with Crippen molar-refractivity contribution in [1.82, 2.24) is 9.78 Å².